The summed E-state index contributed by atoms with van der Waals surface area (Å²) in [6, 6.07) is 9.82. The molecule has 0 saturated carbocycles. The van der Waals surface area contributed by atoms with Crippen molar-refractivity contribution in [1.29, 1.82) is 0 Å². The van der Waals surface area contributed by atoms with Gasteiger partial charge in [-0.05, 0) is 58.0 Å². The number of hydrogen-bond donors (Lipinski definition) is 0. The predicted octanol–water partition coefficient (Wildman–Crippen LogP) is 4.28. The molecule has 0 radical (unpaired) electrons. The fourth-order valence-electron chi connectivity index (χ4n) is 5.98. The Morgan fingerprint density at radius 3 is 2.46 bits per heavy atom. The zero-order valence-corrected chi connectivity index (χ0v) is 25.5. The predicted molar refractivity (Wildman–Crippen MR) is 161 cm³/mol. The number of ether oxygens (including phenoxy) is 1. The number of quaternary nitrogens is 1. The minimum absolute atomic E-state index is 0.0574. The van der Waals surface area contributed by atoms with E-state index in [0.29, 0.717) is 39.7 Å². The first-order chi connectivity index (χ1) is 19.6. The molecule has 0 aliphatic carbocycles. The Bertz CT molecular complexity index is 1460. The van der Waals surface area contributed by atoms with Crippen LogP contribution in [0.5, 0.6) is 0 Å². The van der Waals surface area contributed by atoms with Crippen LogP contribution in [0, 0.1) is 6.92 Å². The van der Waals surface area contributed by atoms with Crippen molar-refractivity contribution in [1.82, 2.24) is 19.7 Å². The van der Waals surface area contributed by atoms with E-state index in [-0.39, 0.29) is 5.91 Å². The van der Waals surface area contributed by atoms with Gasteiger partial charge in [0.1, 0.15) is 29.7 Å². The summed E-state index contributed by atoms with van der Waals surface area (Å²) in [6.07, 6.45) is 6.08. The molecule has 9 nitrogen and oxygen atoms in total. The average Bonchev–Trinajstić information content (AvgIpc) is 3.71. The molecule has 1 amide bonds. The highest BCUT2D eigenvalue weighted by molar-refractivity contribution is 7.99. The van der Waals surface area contributed by atoms with Crippen LogP contribution in [0.25, 0.3) is 5.69 Å². The van der Waals surface area contributed by atoms with E-state index in [0.717, 1.165) is 54.8 Å². The number of aryl methyl sites for hydroxylation is 1. The van der Waals surface area contributed by atoms with Crippen LogP contribution < -0.4 is 4.90 Å². The lowest BCUT2D eigenvalue weighted by atomic mass is 10.1. The van der Waals surface area contributed by atoms with Crippen molar-refractivity contribution in [2.24, 2.45) is 0 Å². The molecule has 2 aromatic rings. The Balaban J connectivity index is 1.26. The van der Waals surface area contributed by atoms with Gasteiger partial charge in [-0.3, -0.25) is 4.79 Å². The number of aromatic nitrogens is 2. The number of benzene rings is 1. The van der Waals surface area contributed by atoms with Crippen LogP contribution in [0.2, 0.25) is 5.02 Å². The third-order valence-electron chi connectivity index (χ3n) is 7.83. The maximum atomic E-state index is 13.8. The van der Waals surface area contributed by atoms with E-state index in [1.807, 2.05) is 73.7 Å². The van der Waals surface area contributed by atoms with Crippen LogP contribution in [0.4, 0.5) is 5.82 Å². The molecule has 11 heteroatoms. The molecule has 1 aromatic heterocycles. The van der Waals surface area contributed by atoms with Gasteiger partial charge >= 0.3 is 5.97 Å². The molecule has 1 atom stereocenters. The van der Waals surface area contributed by atoms with Crippen LogP contribution in [0.1, 0.15) is 26.5 Å². The summed E-state index contributed by atoms with van der Waals surface area (Å²) in [5.74, 6) is 2.12. The number of esters is 1. The van der Waals surface area contributed by atoms with Gasteiger partial charge in [0.25, 0.3) is 5.91 Å². The lowest BCUT2D eigenvalue weighted by Gasteiger charge is -2.44. The fourth-order valence-corrected chi connectivity index (χ4v) is 7.06. The highest BCUT2D eigenvalue weighted by atomic mass is 35.5. The van der Waals surface area contributed by atoms with Crippen molar-refractivity contribution < 1.29 is 18.9 Å². The molecule has 6 rings (SSSR count). The van der Waals surface area contributed by atoms with Gasteiger partial charge in [-0.15, -0.1) is 16.8 Å². The van der Waals surface area contributed by atoms with Crippen molar-refractivity contribution in [2.45, 2.75) is 33.3 Å². The fraction of sp³-hybridized carbons (Fsp3) is 0.433. The van der Waals surface area contributed by atoms with Crippen LogP contribution in [-0.2, 0) is 14.3 Å². The van der Waals surface area contributed by atoms with Gasteiger partial charge in [0, 0.05) is 42.6 Å². The van der Waals surface area contributed by atoms with E-state index in [1.165, 1.54) is 0 Å². The zero-order chi connectivity index (χ0) is 28.9. The van der Waals surface area contributed by atoms with Gasteiger partial charge in [0.15, 0.2) is 5.70 Å². The maximum Gasteiger partial charge on any atom is 0.345 e. The lowest BCUT2D eigenvalue weighted by Crippen LogP contribution is -2.61. The number of nitrogens with zero attached hydrogens (tertiary/aromatic N) is 6. The van der Waals surface area contributed by atoms with Crippen LogP contribution in [0.3, 0.4) is 0 Å². The first-order valence-electron chi connectivity index (χ1n) is 14.0. The Morgan fingerprint density at radius 1 is 1.07 bits per heavy atom. The number of carbonyl (C=O) groups is 2. The number of thioether (sulfide) groups is 1. The van der Waals surface area contributed by atoms with Crippen molar-refractivity contribution in [3.8, 4) is 5.69 Å². The first-order valence-corrected chi connectivity index (χ1v) is 15.5. The van der Waals surface area contributed by atoms with E-state index in [1.54, 1.807) is 11.8 Å². The molecular weight excluding hydrogens is 560 g/mol. The Morgan fingerprint density at radius 2 is 1.80 bits per heavy atom. The first kappa shape index (κ1) is 28.1. The summed E-state index contributed by atoms with van der Waals surface area (Å²) in [6.45, 7) is 11.7. The quantitative estimate of drug-likeness (QED) is 0.377. The van der Waals surface area contributed by atoms with E-state index in [4.69, 9.17) is 21.4 Å². The normalized spacial score (nSPS) is 22.9. The monoisotopic (exact) mass is 595 g/mol. The third kappa shape index (κ3) is 5.22. The number of hydrogen-bond acceptors (Lipinski definition) is 7. The summed E-state index contributed by atoms with van der Waals surface area (Å²) < 4.78 is 8.17. The summed E-state index contributed by atoms with van der Waals surface area (Å²) in [7, 11) is 0. The van der Waals surface area contributed by atoms with Gasteiger partial charge in [0.05, 0.1) is 35.9 Å². The highest BCUT2D eigenvalue weighted by Gasteiger charge is 2.54. The topological polar surface area (TPSA) is 70.9 Å². The number of fused-ring (bicyclic) bond motifs is 1. The van der Waals surface area contributed by atoms with E-state index < -0.39 is 11.6 Å². The van der Waals surface area contributed by atoms with E-state index >= 15 is 0 Å². The molecule has 216 valence electrons. The molecule has 0 spiro atoms. The number of halogens is 1. The minimum Gasteiger partial charge on any atom is -0.456 e. The lowest BCUT2D eigenvalue weighted by molar-refractivity contribution is -0.948. The molecule has 1 aromatic carbocycles. The standard InChI is InChI=1S/C30H36ClN6O3S/c1-21-18-26(36(32-21)23-9-7-22(31)8-10-23)33-11-13-35(14-12-33)37-16-5-6-25(37)27(29(39)40-30(2,3)4)24(19-37)28(38)34-15-17-41-20-34/h5-10,16,18H,11-15,17,19-20H2,1-4H3/q+1/t37-/m1/s1. The average molecular weight is 596 g/mol. The number of piperazine rings is 1. The molecular formula is C30H36ClN6O3S+. The second-order valence-electron chi connectivity index (χ2n) is 11.8. The molecule has 0 bridgehead atoms. The third-order valence-corrected chi connectivity index (χ3v) is 9.05. The number of amides is 1. The molecule has 41 heavy (non-hydrogen) atoms. The van der Waals surface area contributed by atoms with E-state index in [2.05, 4.69) is 22.2 Å². The number of allylic oxidation sites excluding steroid dienone is 2. The molecule has 5 heterocycles. The number of anilines is 1. The Kier molecular flexibility index (Phi) is 7.30. The summed E-state index contributed by atoms with van der Waals surface area (Å²) >= 11 is 7.87. The Hall–Kier alpha value is -3.05. The maximum absolute atomic E-state index is 13.8. The molecule has 0 unspecified atom stereocenters. The Labute approximate surface area is 250 Å². The van der Waals surface area contributed by atoms with Gasteiger partial charge in [-0.2, -0.15) is 9.69 Å². The summed E-state index contributed by atoms with van der Waals surface area (Å²) in [5, 5.41) is 7.81. The molecule has 4 aliphatic heterocycles. The van der Waals surface area contributed by atoms with Gasteiger partial charge < -0.3 is 14.5 Å². The molecule has 2 saturated heterocycles. The largest absolute Gasteiger partial charge is 0.456 e. The van der Waals surface area contributed by atoms with Crippen molar-refractivity contribution in [3.63, 3.8) is 0 Å². The minimum atomic E-state index is -0.663. The molecule has 0 N–H and O–H groups in total. The van der Waals surface area contributed by atoms with Crippen molar-refractivity contribution in [2.75, 3.05) is 55.8 Å². The summed E-state index contributed by atoms with van der Waals surface area (Å²) in [4.78, 5) is 31.6. The summed E-state index contributed by atoms with van der Waals surface area (Å²) in [5.41, 5.74) is 3.04. The molecule has 4 aliphatic rings. The van der Waals surface area contributed by atoms with Crippen molar-refractivity contribution >= 4 is 41.1 Å². The van der Waals surface area contributed by atoms with Crippen LogP contribution in [-0.4, -0.2) is 92.7 Å². The SMILES string of the molecule is Cc1cc(N2CCN([N@@+]34C=CC=C3C(C(=O)OC(C)(C)C)=C(C(=O)N3CCSC3)C4)CC2)n(-c2ccc(Cl)cc2)n1. The van der Waals surface area contributed by atoms with E-state index in [9.17, 15) is 9.59 Å². The second kappa shape index (κ2) is 10.7. The smallest absolute Gasteiger partial charge is 0.345 e. The highest BCUT2D eigenvalue weighted by Crippen LogP contribution is 2.44. The van der Waals surface area contributed by atoms with Crippen molar-refractivity contribution in [3.05, 3.63) is 76.2 Å². The van der Waals surface area contributed by atoms with Gasteiger partial charge in [-0.1, -0.05) is 11.6 Å². The zero-order valence-electron chi connectivity index (χ0n) is 24.0. The second-order valence-corrected chi connectivity index (χ2v) is 13.3. The van der Waals surface area contributed by atoms with Gasteiger partial charge in [0.2, 0.25) is 0 Å². The van der Waals surface area contributed by atoms with Crippen LogP contribution in [0.15, 0.2) is 65.5 Å². The number of rotatable bonds is 5. The van der Waals surface area contributed by atoms with Gasteiger partial charge in [-0.25, -0.2) is 9.48 Å². The van der Waals surface area contributed by atoms with Crippen LogP contribution >= 0.6 is 23.4 Å². The number of carbonyl (C=O) groups excluding carboxylic acids is 2. The molecule has 2 fully saturated rings.